The summed E-state index contributed by atoms with van der Waals surface area (Å²) >= 11 is 0. The maximum atomic E-state index is 5.65. The summed E-state index contributed by atoms with van der Waals surface area (Å²) in [5.41, 5.74) is 3.20. The Hall–Kier alpha value is -2.34. The lowest BCUT2D eigenvalue weighted by Gasteiger charge is -2.09. The van der Waals surface area contributed by atoms with E-state index in [1.54, 1.807) is 25.4 Å². The van der Waals surface area contributed by atoms with Crippen LogP contribution in [-0.4, -0.2) is 17.1 Å². The Bertz CT molecular complexity index is 528. The van der Waals surface area contributed by atoms with Gasteiger partial charge in [-0.2, -0.15) is 4.98 Å². The van der Waals surface area contributed by atoms with E-state index in [0.717, 1.165) is 11.3 Å². The first-order valence-electron chi connectivity index (χ1n) is 5.35. The standard InChI is InChI=1S/C12H14N4O2/c1-8-7-14-12(16-13)15-11(8)18-10-5-3-9(17-2)4-6-10/h3-7H,13H2,1-2H3,(H,14,15,16). The molecule has 6 nitrogen and oxygen atoms in total. The summed E-state index contributed by atoms with van der Waals surface area (Å²) in [5, 5.41) is 0. The number of hydrazine groups is 1. The number of nitrogens with two attached hydrogens (primary N) is 1. The van der Waals surface area contributed by atoms with Crippen LogP contribution in [0.1, 0.15) is 5.56 Å². The number of nitrogens with one attached hydrogen (secondary N) is 1. The largest absolute Gasteiger partial charge is 0.497 e. The molecule has 2 rings (SSSR count). The number of ether oxygens (including phenoxy) is 2. The molecular weight excluding hydrogens is 232 g/mol. The number of nitrogen functional groups attached to an aromatic ring is 1. The van der Waals surface area contributed by atoms with Gasteiger partial charge in [-0.1, -0.05) is 0 Å². The predicted octanol–water partition coefficient (Wildman–Crippen LogP) is 1.87. The molecule has 1 aromatic carbocycles. The van der Waals surface area contributed by atoms with Gasteiger partial charge in [0.1, 0.15) is 11.5 Å². The van der Waals surface area contributed by atoms with Gasteiger partial charge in [-0.3, -0.25) is 5.43 Å². The molecule has 1 heterocycles. The summed E-state index contributed by atoms with van der Waals surface area (Å²) < 4.78 is 10.7. The van der Waals surface area contributed by atoms with E-state index in [0.29, 0.717) is 17.6 Å². The van der Waals surface area contributed by atoms with Crippen LogP contribution in [0, 0.1) is 6.92 Å². The van der Waals surface area contributed by atoms with Crippen LogP contribution in [0.15, 0.2) is 30.5 Å². The average Bonchev–Trinajstić information content (AvgIpc) is 2.42. The van der Waals surface area contributed by atoms with Crippen LogP contribution >= 0.6 is 0 Å². The van der Waals surface area contributed by atoms with E-state index in [2.05, 4.69) is 15.4 Å². The lowest BCUT2D eigenvalue weighted by atomic mass is 10.3. The molecule has 0 amide bonds. The van der Waals surface area contributed by atoms with Gasteiger partial charge in [0, 0.05) is 11.8 Å². The molecule has 94 valence electrons. The van der Waals surface area contributed by atoms with Crippen molar-refractivity contribution in [2.75, 3.05) is 12.5 Å². The van der Waals surface area contributed by atoms with Crippen molar-refractivity contribution >= 4 is 5.95 Å². The highest BCUT2D eigenvalue weighted by molar-refractivity contribution is 5.37. The van der Waals surface area contributed by atoms with E-state index in [1.807, 2.05) is 19.1 Å². The van der Waals surface area contributed by atoms with E-state index in [9.17, 15) is 0 Å². The number of methoxy groups -OCH3 is 1. The SMILES string of the molecule is COc1ccc(Oc2nc(NN)ncc2C)cc1. The van der Waals surface area contributed by atoms with Crippen LogP contribution in [0.3, 0.4) is 0 Å². The summed E-state index contributed by atoms with van der Waals surface area (Å²) in [6.07, 6.45) is 1.64. The number of nitrogens with zero attached hydrogens (tertiary/aromatic N) is 2. The van der Waals surface area contributed by atoms with Crippen molar-refractivity contribution in [1.29, 1.82) is 0 Å². The summed E-state index contributed by atoms with van der Waals surface area (Å²) in [6, 6.07) is 7.23. The number of aryl methyl sites for hydroxylation is 1. The molecule has 0 bridgehead atoms. The molecule has 0 saturated heterocycles. The zero-order valence-electron chi connectivity index (χ0n) is 10.2. The first-order valence-corrected chi connectivity index (χ1v) is 5.35. The van der Waals surface area contributed by atoms with Crippen LogP contribution in [0.5, 0.6) is 17.4 Å². The van der Waals surface area contributed by atoms with Crippen molar-refractivity contribution in [3.05, 3.63) is 36.0 Å². The molecule has 0 spiro atoms. The highest BCUT2D eigenvalue weighted by Gasteiger charge is 2.05. The molecule has 2 aromatic rings. The summed E-state index contributed by atoms with van der Waals surface area (Å²) in [6.45, 7) is 1.86. The summed E-state index contributed by atoms with van der Waals surface area (Å²) in [7, 11) is 1.61. The van der Waals surface area contributed by atoms with Gasteiger partial charge < -0.3 is 9.47 Å². The fraction of sp³-hybridized carbons (Fsp3) is 0.167. The minimum Gasteiger partial charge on any atom is -0.497 e. The first kappa shape index (κ1) is 12.1. The topological polar surface area (TPSA) is 82.3 Å². The number of rotatable bonds is 4. The molecule has 0 aliphatic heterocycles. The quantitative estimate of drug-likeness (QED) is 0.633. The van der Waals surface area contributed by atoms with Crippen molar-refractivity contribution in [3.63, 3.8) is 0 Å². The highest BCUT2D eigenvalue weighted by atomic mass is 16.5. The normalized spacial score (nSPS) is 9.94. The molecule has 0 aliphatic carbocycles. The maximum Gasteiger partial charge on any atom is 0.240 e. The van der Waals surface area contributed by atoms with Gasteiger partial charge in [-0.15, -0.1) is 0 Å². The second kappa shape index (κ2) is 5.33. The van der Waals surface area contributed by atoms with E-state index < -0.39 is 0 Å². The van der Waals surface area contributed by atoms with Crippen LogP contribution in [-0.2, 0) is 0 Å². The number of hydrogen-bond donors (Lipinski definition) is 2. The Kier molecular flexibility index (Phi) is 3.59. The lowest BCUT2D eigenvalue weighted by molar-refractivity contribution is 0.412. The molecule has 0 unspecified atom stereocenters. The van der Waals surface area contributed by atoms with Crippen LogP contribution in [0.4, 0.5) is 5.95 Å². The number of benzene rings is 1. The molecule has 1 aromatic heterocycles. The average molecular weight is 246 g/mol. The van der Waals surface area contributed by atoms with Gasteiger partial charge in [-0.05, 0) is 31.2 Å². The van der Waals surface area contributed by atoms with Crippen LogP contribution < -0.4 is 20.7 Å². The fourth-order valence-electron chi connectivity index (χ4n) is 1.35. The zero-order valence-corrected chi connectivity index (χ0v) is 10.2. The summed E-state index contributed by atoms with van der Waals surface area (Å²) in [5.74, 6) is 7.46. The van der Waals surface area contributed by atoms with Crippen molar-refractivity contribution in [1.82, 2.24) is 9.97 Å². The Labute approximate surface area is 105 Å². The van der Waals surface area contributed by atoms with Gasteiger partial charge >= 0.3 is 0 Å². The third kappa shape index (κ3) is 2.67. The van der Waals surface area contributed by atoms with E-state index in [1.165, 1.54) is 0 Å². The van der Waals surface area contributed by atoms with Gasteiger partial charge in [0.05, 0.1) is 7.11 Å². The molecule has 18 heavy (non-hydrogen) atoms. The Morgan fingerprint density at radius 1 is 1.17 bits per heavy atom. The molecular formula is C12H14N4O2. The zero-order chi connectivity index (χ0) is 13.0. The van der Waals surface area contributed by atoms with Crippen LogP contribution in [0.25, 0.3) is 0 Å². The van der Waals surface area contributed by atoms with E-state index in [-0.39, 0.29) is 0 Å². The van der Waals surface area contributed by atoms with Gasteiger partial charge in [0.2, 0.25) is 11.8 Å². The first-order chi connectivity index (χ1) is 8.72. The van der Waals surface area contributed by atoms with Gasteiger partial charge in [-0.25, -0.2) is 10.8 Å². The Morgan fingerprint density at radius 3 is 2.44 bits per heavy atom. The second-order valence-corrected chi connectivity index (χ2v) is 3.60. The molecule has 3 N–H and O–H groups in total. The minimum atomic E-state index is 0.309. The van der Waals surface area contributed by atoms with Crippen molar-refractivity contribution in [2.24, 2.45) is 5.84 Å². The lowest BCUT2D eigenvalue weighted by Crippen LogP contribution is -2.11. The fourth-order valence-corrected chi connectivity index (χ4v) is 1.35. The number of aromatic nitrogens is 2. The highest BCUT2D eigenvalue weighted by Crippen LogP contribution is 2.24. The molecule has 0 fully saturated rings. The van der Waals surface area contributed by atoms with Crippen molar-refractivity contribution < 1.29 is 9.47 Å². The monoisotopic (exact) mass is 246 g/mol. The maximum absolute atomic E-state index is 5.65. The Balaban J connectivity index is 2.21. The molecule has 6 heteroatoms. The molecule has 0 aliphatic rings. The molecule has 0 saturated carbocycles. The Morgan fingerprint density at radius 2 is 1.83 bits per heavy atom. The third-order valence-electron chi connectivity index (χ3n) is 2.33. The molecule has 0 atom stereocenters. The smallest absolute Gasteiger partial charge is 0.240 e. The van der Waals surface area contributed by atoms with Crippen LogP contribution in [0.2, 0.25) is 0 Å². The third-order valence-corrected chi connectivity index (χ3v) is 2.33. The summed E-state index contributed by atoms with van der Waals surface area (Å²) in [4.78, 5) is 8.11. The predicted molar refractivity (Wildman–Crippen MR) is 67.6 cm³/mol. The van der Waals surface area contributed by atoms with Crippen molar-refractivity contribution in [3.8, 4) is 17.4 Å². The minimum absolute atomic E-state index is 0.309. The van der Waals surface area contributed by atoms with Crippen molar-refractivity contribution in [2.45, 2.75) is 6.92 Å². The van der Waals surface area contributed by atoms with Gasteiger partial charge in [0.15, 0.2) is 0 Å². The van der Waals surface area contributed by atoms with E-state index in [4.69, 9.17) is 15.3 Å². The molecule has 0 radical (unpaired) electrons. The van der Waals surface area contributed by atoms with Gasteiger partial charge in [0.25, 0.3) is 0 Å². The van der Waals surface area contributed by atoms with E-state index >= 15 is 0 Å². The number of hydrogen-bond acceptors (Lipinski definition) is 6. The second-order valence-electron chi connectivity index (χ2n) is 3.60. The number of anilines is 1.